The third kappa shape index (κ3) is 5.31. The molecule has 0 amide bonds. The van der Waals surface area contributed by atoms with E-state index in [1.54, 1.807) is 0 Å². The van der Waals surface area contributed by atoms with Gasteiger partial charge in [0, 0.05) is 13.1 Å². The fraction of sp³-hybridized carbons (Fsp3) is 1.00. The van der Waals surface area contributed by atoms with Crippen molar-refractivity contribution >= 4 is 0 Å². The highest BCUT2D eigenvalue weighted by Gasteiger charge is 2.28. The minimum Gasteiger partial charge on any atom is -0.330 e. The predicted octanol–water partition coefficient (Wildman–Crippen LogP) is 2.63. The van der Waals surface area contributed by atoms with Crippen LogP contribution in [0.15, 0.2) is 0 Å². The van der Waals surface area contributed by atoms with E-state index in [1.165, 1.54) is 71.0 Å². The zero-order valence-corrected chi connectivity index (χ0v) is 10.7. The Hall–Kier alpha value is -0.0800. The van der Waals surface area contributed by atoms with Crippen molar-refractivity contribution in [1.82, 2.24) is 4.90 Å². The largest absolute Gasteiger partial charge is 0.330 e. The second-order valence-corrected chi connectivity index (χ2v) is 5.85. The summed E-state index contributed by atoms with van der Waals surface area (Å²) in [5.74, 6) is 2.12. The van der Waals surface area contributed by atoms with Gasteiger partial charge in [-0.05, 0) is 63.5 Å². The Balaban J connectivity index is 1.53. The Kier molecular flexibility index (Phi) is 5.11. The highest BCUT2D eigenvalue weighted by molar-refractivity contribution is 4.82. The van der Waals surface area contributed by atoms with Gasteiger partial charge in [0.15, 0.2) is 0 Å². The molecule has 2 fully saturated rings. The van der Waals surface area contributed by atoms with Gasteiger partial charge in [0.05, 0.1) is 0 Å². The molecule has 2 aliphatic carbocycles. The molecule has 94 valence electrons. The molecule has 0 saturated heterocycles. The van der Waals surface area contributed by atoms with E-state index < -0.39 is 0 Å². The first kappa shape index (κ1) is 12.4. The lowest BCUT2D eigenvalue weighted by atomic mass is 10.2. The Morgan fingerprint density at radius 1 is 0.812 bits per heavy atom. The SMILES string of the molecule is NCCCCCCN(CC1CC1)CC1CC1. The average molecular weight is 224 g/mol. The van der Waals surface area contributed by atoms with Crippen molar-refractivity contribution in [1.29, 1.82) is 0 Å². The van der Waals surface area contributed by atoms with Gasteiger partial charge < -0.3 is 10.6 Å². The van der Waals surface area contributed by atoms with Crippen LogP contribution in [-0.4, -0.2) is 31.1 Å². The number of rotatable bonds is 10. The molecule has 2 rings (SSSR count). The standard InChI is InChI=1S/C14H28N2/c15-9-3-1-2-4-10-16(11-13-5-6-13)12-14-7-8-14/h13-14H,1-12,15H2. The molecule has 2 nitrogen and oxygen atoms in total. The second kappa shape index (κ2) is 6.61. The molecule has 16 heavy (non-hydrogen) atoms. The molecule has 0 unspecified atom stereocenters. The van der Waals surface area contributed by atoms with E-state index in [4.69, 9.17) is 5.73 Å². The van der Waals surface area contributed by atoms with Crippen molar-refractivity contribution < 1.29 is 0 Å². The topological polar surface area (TPSA) is 29.3 Å². The fourth-order valence-corrected chi connectivity index (χ4v) is 2.42. The lowest BCUT2D eigenvalue weighted by molar-refractivity contribution is 0.247. The average Bonchev–Trinajstić information content (AvgIpc) is 3.12. The van der Waals surface area contributed by atoms with Crippen LogP contribution in [0.5, 0.6) is 0 Å². The molecule has 0 atom stereocenters. The summed E-state index contributed by atoms with van der Waals surface area (Å²) < 4.78 is 0. The molecule has 2 heteroatoms. The van der Waals surface area contributed by atoms with Crippen molar-refractivity contribution in [3.05, 3.63) is 0 Å². The lowest BCUT2D eigenvalue weighted by Gasteiger charge is -2.22. The lowest BCUT2D eigenvalue weighted by Crippen LogP contribution is -2.29. The molecule has 0 heterocycles. The first-order chi connectivity index (χ1) is 7.88. The third-order valence-corrected chi connectivity index (χ3v) is 3.86. The molecular weight excluding hydrogens is 196 g/mol. The highest BCUT2D eigenvalue weighted by Crippen LogP contribution is 2.33. The van der Waals surface area contributed by atoms with Crippen molar-refractivity contribution in [3.63, 3.8) is 0 Å². The Bertz CT molecular complexity index is 171. The number of nitrogens with two attached hydrogens (primary N) is 1. The third-order valence-electron chi connectivity index (χ3n) is 3.86. The minimum absolute atomic E-state index is 0.869. The molecule has 0 aromatic carbocycles. The van der Waals surface area contributed by atoms with Crippen molar-refractivity contribution in [2.45, 2.75) is 51.4 Å². The van der Waals surface area contributed by atoms with E-state index in [2.05, 4.69) is 4.90 Å². The first-order valence-corrected chi connectivity index (χ1v) is 7.31. The monoisotopic (exact) mass is 224 g/mol. The quantitative estimate of drug-likeness (QED) is 0.578. The zero-order chi connectivity index (χ0) is 11.2. The van der Waals surface area contributed by atoms with Crippen LogP contribution in [0.3, 0.4) is 0 Å². The Morgan fingerprint density at radius 2 is 1.38 bits per heavy atom. The van der Waals surface area contributed by atoms with Crippen LogP contribution >= 0.6 is 0 Å². The smallest absolute Gasteiger partial charge is 0.000978 e. The summed E-state index contributed by atoms with van der Waals surface area (Å²) in [5, 5.41) is 0. The number of hydrogen-bond acceptors (Lipinski definition) is 2. The van der Waals surface area contributed by atoms with E-state index in [0.717, 1.165) is 18.4 Å². The van der Waals surface area contributed by atoms with Gasteiger partial charge in [-0.2, -0.15) is 0 Å². The van der Waals surface area contributed by atoms with Crippen LogP contribution in [0.25, 0.3) is 0 Å². The molecule has 2 saturated carbocycles. The number of hydrogen-bond donors (Lipinski definition) is 1. The van der Waals surface area contributed by atoms with Crippen molar-refractivity contribution in [3.8, 4) is 0 Å². The van der Waals surface area contributed by atoms with E-state index in [0.29, 0.717) is 0 Å². The van der Waals surface area contributed by atoms with Gasteiger partial charge in [-0.1, -0.05) is 12.8 Å². The molecule has 0 radical (unpaired) electrons. The van der Waals surface area contributed by atoms with Crippen LogP contribution in [0.4, 0.5) is 0 Å². The fourth-order valence-electron chi connectivity index (χ4n) is 2.42. The summed E-state index contributed by atoms with van der Waals surface area (Å²) in [6.45, 7) is 5.01. The van der Waals surface area contributed by atoms with Gasteiger partial charge in [-0.3, -0.25) is 0 Å². The molecule has 2 aliphatic rings. The van der Waals surface area contributed by atoms with Gasteiger partial charge >= 0.3 is 0 Å². The summed E-state index contributed by atoms with van der Waals surface area (Å²) in [6, 6.07) is 0. The van der Waals surface area contributed by atoms with Gasteiger partial charge in [0.2, 0.25) is 0 Å². The van der Waals surface area contributed by atoms with E-state index in [1.807, 2.05) is 0 Å². The van der Waals surface area contributed by atoms with E-state index >= 15 is 0 Å². The van der Waals surface area contributed by atoms with Crippen molar-refractivity contribution in [2.75, 3.05) is 26.2 Å². The van der Waals surface area contributed by atoms with Crippen LogP contribution in [0.1, 0.15) is 51.4 Å². The van der Waals surface area contributed by atoms with E-state index in [9.17, 15) is 0 Å². The molecule has 0 spiro atoms. The summed E-state index contributed by atoms with van der Waals surface area (Å²) in [7, 11) is 0. The Labute approximate surface area is 101 Å². The molecule has 0 bridgehead atoms. The summed E-state index contributed by atoms with van der Waals surface area (Å²) in [6.07, 6.45) is 11.3. The molecule has 2 N–H and O–H groups in total. The van der Waals surface area contributed by atoms with Gasteiger partial charge in [-0.25, -0.2) is 0 Å². The van der Waals surface area contributed by atoms with Crippen LogP contribution < -0.4 is 5.73 Å². The van der Waals surface area contributed by atoms with Gasteiger partial charge in [-0.15, -0.1) is 0 Å². The maximum Gasteiger partial charge on any atom is 0.000978 e. The first-order valence-electron chi connectivity index (χ1n) is 7.31. The van der Waals surface area contributed by atoms with Crippen LogP contribution in [0, 0.1) is 11.8 Å². The van der Waals surface area contributed by atoms with Crippen LogP contribution in [-0.2, 0) is 0 Å². The maximum absolute atomic E-state index is 5.51. The summed E-state index contributed by atoms with van der Waals surface area (Å²) in [4.78, 5) is 2.75. The predicted molar refractivity (Wildman–Crippen MR) is 69.4 cm³/mol. The van der Waals surface area contributed by atoms with Gasteiger partial charge in [0.25, 0.3) is 0 Å². The summed E-state index contributed by atoms with van der Waals surface area (Å²) in [5.41, 5.74) is 5.51. The maximum atomic E-state index is 5.51. The number of unbranched alkanes of at least 4 members (excludes halogenated alkanes) is 3. The molecule has 0 aromatic rings. The highest BCUT2D eigenvalue weighted by atomic mass is 15.1. The number of nitrogens with zero attached hydrogens (tertiary/aromatic N) is 1. The van der Waals surface area contributed by atoms with E-state index in [-0.39, 0.29) is 0 Å². The molecule has 0 aromatic heterocycles. The van der Waals surface area contributed by atoms with Crippen LogP contribution in [0.2, 0.25) is 0 Å². The summed E-state index contributed by atoms with van der Waals surface area (Å²) >= 11 is 0. The minimum atomic E-state index is 0.869. The molecular formula is C14H28N2. The van der Waals surface area contributed by atoms with Crippen molar-refractivity contribution in [2.24, 2.45) is 17.6 Å². The Morgan fingerprint density at radius 3 is 1.88 bits per heavy atom. The second-order valence-electron chi connectivity index (χ2n) is 5.85. The van der Waals surface area contributed by atoms with Gasteiger partial charge in [0.1, 0.15) is 0 Å². The molecule has 0 aliphatic heterocycles. The zero-order valence-electron chi connectivity index (χ0n) is 10.7. The normalized spacial score (nSPS) is 20.6.